The van der Waals surface area contributed by atoms with E-state index in [0.717, 1.165) is 0 Å². The second kappa shape index (κ2) is 8.31. The van der Waals surface area contributed by atoms with E-state index in [0.29, 0.717) is 40.5 Å². The number of carbonyl (C=O) groups excluding carboxylic acids is 1. The lowest BCUT2D eigenvalue weighted by molar-refractivity contribution is -0.763. The molecule has 0 aliphatic carbocycles. The van der Waals surface area contributed by atoms with Crippen LogP contribution in [0.25, 0.3) is 11.3 Å². The third kappa shape index (κ3) is 3.59. The van der Waals surface area contributed by atoms with Crippen LogP contribution in [0.15, 0.2) is 58.5 Å². The molecule has 31 heavy (non-hydrogen) atoms. The number of aromatic nitrogens is 3. The van der Waals surface area contributed by atoms with Gasteiger partial charge in [-0.15, -0.1) is 0 Å². The van der Waals surface area contributed by atoms with Crippen molar-refractivity contribution in [3.63, 3.8) is 0 Å². The first kappa shape index (κ1) is 20.7. The molecule has 1 aliphatic heterocycles. The average Bonchev–Trinajstić information content (AvgIpc) is 2.77. The molecule has 0 saturated heterocycles. The normalized spacial score (nSPS) is 14.6. The van der Waals surface area contributed by atoms with Gasteiger partial charge >= 0.3 is 11.3 Å². The highest BCUT2D eigenvalue weighted by atomic mass is 32.2. The number of H-pyrrole nitrogens is 1. The summed E-state index contributed by atoms with van der Waals surface area (Å²) in [6, 6.07) is 13.2. The monoisotopic (exact) mass is 438 g/mol. The van der Waals surface area contributed by atoms with E-state index in [2.05, 4.69) is 10.1 Å². The maximum atomic E-state index is 13.3. The minimum atomic E-state index is -0.752. The van der Waals surface area contributed by atoms with E-state index < -0.39 is 11.1 Å². The van der Waals surface area contributed by atoms with Crippen molar-refractivity contribution in [1.82, 2.24) is 10.1 Å². The lowest BCUT2D eigenvalue weighted by Gasteiger charge is -2.32. The minimum absolute atomic E-state index is 0.0553. The SMILES string of the molecule is CCCC(=O)N1c2ccccc2-c2c(=O)[nH]c(SC)n[n+]2[C@@H]1c1ccc([N+](=O)[O-])cc1. The predicted octanol–water partition coefficient (Wildman–Crippen LogP) is 3.05. The molecule has 10 heteroatoms. The van der Waals surface area contributed by atoms with Crippen LogP contribution in [0.4, 0.5) is 11.4 Å². The number of nitro groups is 1. The zero-order chi connectivity index (χ0) is 22.1. The molecule has 2 aromatic carbocycles. The van der Waals surface area contributed by atoms with Crippen molar-refractivity contribution in [3.8, 4) is 11.3 Å². The van der Waals surface area contributed by atoms with Gasteiger partial charge in [0.15, 0.2) is 0 Å². The number of aromatic amines is 1. The third-order valence-corrected chi connectivity index (χ3v) is 5.66. The molecule has 3 aromatic rings. The van der Waals surface area contributed by atoms with Gasteiger partial charge in [-0.2, -0.15) is 0 Å². The van der Waals surface area contributed by atoms with E-state index >= 15 is 0 Å². The molecule has 4 rings (SSSR count). The number of carbonyl (C=O) groups is 1. The highest BCUT2D eigenvalue weighted by Gasteiger charge is 2.45. The van der Waals surface area contributed by atoms with Gasteiger partial charge in [-0.3, -0.25) is 24.7 Å². The molecule has 1 amide bonds. The van der Waals surface area contributed by atoms with Crippen LogP contribution >= 0.6 is 11.8 Å². The van der Waals surface area contributed by atoms with Crippen molar-refractivity contribution in [2.45, 2.75) is 31.1 Å². The highest BCUT2D eigenvalue weighted by Crippen LogP contribution is 2.37. The molecule has 0 unspecified atom stereocenters. The summed E-state index contributed by atoms with van der Waals surface area (Å²) < 4.78 is 1.54. The van der Waals surface area contributed by atoms with Gasteiger partial charge in [0.2, 0.25) is 11.1 Å². The predicted molar refractivity (Wildman–Crippen MR) is 116 cm³/mol. The number of anilines is 1. The molecule has 158 valence electrons. The van der Waals surface area contributed by atoms with Gasteiger partial charge < -0.3 is 0 Å². The van der Waals surface area contributed by atoms with E-state index in [9.17, 15) is 19.7 Å². The van der Waals surface area contributed by atoms with Gasteiger partial charge in [0.25, 0.3) is 11.9 Å². The number of nitrogens with zero attached hydrogens (tertiary/aromatic N) is 4. The summed E-state index contributed by atoms with van der Waals surface area (Å²) in [5, 5.41) is 16.1. The smallest absolute Gasteiger partial charge is 0.291 e. The Hall–Kier alpha value is -3.53. The third-order valence-electron chi connectivity index (χ3n) is 5.09. The highest BCUT2D eigenvalue weighted by molar-refractivity contribution is 7.98. The molecular weight excluding hydrogens is 418 g/mol. The van der Waals surface area contributed by atoms with Crippen molar-refractivity contribution in [2.75, 3.05) is 11.2 Å². The molecule has 0 bridgehead atoms. The van der Waals surface area contributed by atoms with Gasteiger partial charge in [0, 0.05) is 29.2 Å². The lowest BCUT2D eigenvalue weighted by atomic mass is 10.0. The second-order valence-corrected chi connectivity index (χ2v) is 7.80. The number of amides is 1. The van der Waals surface area contributed by atoms with Crippen LogP contribution in [-0.2, 0) is 4.79 Å². The Bertz CT molecular complexity index is 1230. The molecule has 0 radical (unpaired) electrons. The largest absolute Gasteiger partial charge is 0.325 e. The van der Waals surface area contributed by atoms with Crippen LogP contribution in [0, 0.1) is 10.1 Å². The average molecular weight is 438 g/mol. The van der Waals surface area contributed by atoms with E-state index in [1.54, 1.807) is 46.2 Å². The summed E-state index contributed by atoms with van der Waals surface area (Å²) in [6.45, 7) is 1.92. The number of para-hydroxylation sites is 1. The van der Waals surface area contributed by atoms with Gasteiger partial charge in [-0.25, -0.2) is 4.90 Å². The maximum absolute atomic E-state index is 13.3. The number of rotatable bonds is 5. The van der Waals surface area contributed by atoms with Crippen molar-refractivity contribution in [2.24, 2.45) is 0 Å². The zero-order valence-electron chi connectivity index (χ0n) is 16.9. The molecule has 1 N–H and O–H groups in total. The van der Waals surface area contributed by atoms with Crippen LogP contribution in [0.3, 0.4) is 0 Å². The van der Waals surface area contributed by atoms with Crippen LogP contribution in [0.2, 0.25) is 0 Å². The number of nitro benzene ring substituents is 1. The van der Waals surface area contributed by atoms with E-state index in [1.165, 1.54) is 23.9 Å². The van der Waals surface area contributed by atoms with Crippen LogP contribution in [-0.4, -0.2) is 27.2 Å². The van der Waals surface area contributed by atoms with Gasteiger partial charge in [0.1, 0.15) is 0 Å². The van der Waals surface area contributed by atoms with Gasteiger partial charge in [-0.05, 0) is 41.6 Å². The van der Waals surface area contributed by atoms with Crippen LogP contribution in [0.1, 0.15) is 31.5 Å². The van der Waals surface area contributed by atoms with Crippen LogP contribution in [0.5, 0.6) is 0 Å². The summed E-state index contributed by atoms with van der Waals surface area (Å²) in [4.78, 5) is 41.3. The fourth-order valence-corrected chi connectivity index (χ4v) is 4.10. The minimum Gasteiger partial charge on any atom is -0.291 e. The summed E-state index contributed by atoms with van der Waals surface area (Å²) in [5.41, 5.74) is 1.78. The van der Waals surface area contributed by atoms with Crippen molar-refractivity contribution >= 4 is 29.0 Å². The number of non-ortho nitro benzene ring substituents is 1. The number of hydrogen-bond donors (Lipinski definition) is 1. The summed E-state index contributed by atoms with van der Waals surface area (Å²) in [5.74, 6) is -0.121. The van der Waals surface area contributed by atoms with E-state index in [-0.39, 0.29) is 17.2 Å². The molecule has 0 spiro atoms. The fraction of sp³-hybridized carbons (Fsp3) is 0.238. The number of benzene rings is 2. The van der Waals surface area contributed by atoms with Crippen molar-refractivity contribution in [1.29, 1.82) is 0 Å². The topological polar surface area (TPSA) is 113 Å². The molecule has 1 aromatic heterocycles. The van der Waals surface area contributed by atoms with Gasteiger partial charge in [0.05, 0.1) is 16.2 Å². The lowest BCUT2D eigenvalue weighted by Crippen LogP contribution is -2.60. The molecule has 2 heterocycles. The first-order valence-electron chi connectivity index (χ1n) is 9.72. The van der Waals surface area contributed by atoms with E-state index in [4.69, 9.17) is 0 Å². The Balaban J connectivity index is 2.02. The number of nitrogens with one attached hydrogen (secondary N) is 1. The molecule has 1 aliphatic rings. The number of fused-ring (bicyclic) bond motifs is 3. The fourth-order valence-electron chi connectivity index (χ4n) is 3.74. The quantitative estimate of drug-likeness (QED) is 0.284. The number of hydrogen-bond acceptors (Lipinski definition) is 6. The Morgan fingerprint density at radius 1 is 1.26 bits per heavy atom. The summed E-state index contributed by atoms with van der Waals surface area (Å²) in [6.07, 6.45) is 2.01. The zero-order valence-corrected chi connectivity index (χ0v) is 17.8. The molecule has 0 saturated carbocycles. The molecule has 9 nitrogen and oxygen atoms in total. The number of thioether (sulfide) groups is 1. The Morgan fingerprint density at radius 3 is 2.61 bits per heavy atom. The standard InChI is InChI=1S/C21H19N5O4S/c1-3-6-17(27)24-16-8-5-4-7-15(16)18-19(28)22-21(31-2)23-25(18)20(24)13-9-11-14(12-10-13)26(29)30/h4-5,7-12,20H,3,6H2,1-2H3/p+1/t20-/m1/s1. The first-order valence-corrected chi connectivity index (χ1v) is 10.9. The Morgan fingerprint density at radius 2 is 1.97 bits per heavy atom. The first-order chi connectivity index (χ1) is 15.0. The Kier molecular flexibility index (Phi) is 5.55. The van der Waals surface area contributed by atoms with E-state index in [1.807, 2.05) is 13.0 Å². The van der Waals surface area contributed by atoms with Crippen molar-refractivity contribution < 1.29 is 14.4 Å². The van der Waals surface area contributed by atoms with Crippen molar-refractivity contribution in [3.05, 3.63) is 74.6 Å². The molecule has 0 fully saturated rings. The summed E-state index contributed by atoms with van der Waals surface area (Å²) in [7, 11) is 0. The van der Waals surface area contributed by atoms with Gasteiger partial charge in [-0.1, -0.05) is 30.8 Å². The van der Waals surface area contributed by atoms with Crippen LogP contribution < -0.4 is 15.1 Å². The Labute approximate surface area is 181 Å². The maximum Gasteiger partial charge on any atom is 0.325 e. The summed E-state index contributed by atoms with van der Waals surface area (Å²) >= 11 is 1.28. The molecular formula is C21H20N5O4S+. The second-order valence-electron chi connectivity index (χ2n) is 7.01. The molecule has 1 atom stereocenters.